The van der Waals surface area contributed by atoms with Gasteiger partial charge in [0.25, 0.3) is 0 Å². The Labute approximate surface area is 94.8 Å². The minimum atomic E-state index is 0.0849. The van der Waals surface area contributed by atoms with Crippen LogP contribution in [-0.4, -0.2) is 21.5 Å². The predicted octanol–water partition coefficient (Wildman–Crippen LogP) is 1.57. The molecule has 0 saturated heterocycles. The zero-order chi connectivity index (χ0) is 11.2. The molecule has 1 N–H and O–H groups in total. The summed E-state index contributed by atoms with van der Waals surface area (Å²) in [5.74, 6) is 0. The SMILES string of the molecule is CCNC(c1cccnc1)c1ccncn1. The molecule has 0 fully saturated rings. The maximum Gasteiger partial charge on any atom is 0.115 e. The van der Waals surface area contributed by atoms with Gasteiger partial charge in [-0.15, -0.1) is 0 Å². The van der Waals surface area contributed by atoms with Crippen LogP contribution in [0.15, 0.2) is 43.1 Å². The van der Waals surface area contributed by atoms with E-state index in [1.807, 2.05) is 24.4 Å². The molecule has 1 unspecified atom stereocenters. The number of hydrogen-bond donors (Lipinski definition) is 1. The lowest BCUT2D eigenvalue weighted by Gasteiger charge is -2.16. The maximum atomic E-state index is 4.27. The number of aromatic nitrogens is 3. The quantitative estimate of drug-likeness (QED) is 0.839. The largest absolute Gasteiger partial charge is 0.305 e. The fourth-order valence-corrected chi connectivity index (χ4v) is 1.62. The summed E-state index contributed by atoms with van der Waals surface area (Å²) in [5, 5.41) is 3.38. The summed E-state index contributed by atoms with van der Waals surface area (Å²) in [7, 11) is 0. The van der Waals surface area contributed by atoms with Gasteiger partial charge in [-0.2, -0.15) is 0 Å². The van der Waals surface area contributed by atoms with Crippen LogP contribution in [0.4, 0.5) is 0 Å². The highest BCUT2D eigenvalue weighted by Crippen LogP contribution is 2.18. The minimum Gasteiger partial charge on any atom is -0.305 e. The molecule has 2 rings (SSSR count). The first-order chi connectivity index (χ1) is 7.92. The van der Waals surface area contributed by atoms with E-state index >= 15 is 0 Å². The first kappa shape index (κ1) is 10.7. The molecule has 0 amide bonds. The molecule has 0 aromatic carbocycles. The lowest BCUT2D eigenvalue weighted by Crippen LogP contribution is -2.23. The van der Waals surface area contributed by atoms with Crippen LogP contribution in [-0.2, 0) is 0 Å². The van der Waals surface area contributed by atoms with Gasteiger partial charge in [0.1, 0.15) is 6.33 Å². The maximum absolute atomic E-state index is 4.27. The Bertz CT molecular complexity index is 376. The van der Waals surface area contributed by atoms with Crippen molar-refractivity contribution in [2.45, 2.75) is 13.0 Å². The Balaban J connectivity index is 2.31. The van der Waals surface area contributed by atoms with E-state index in [1.54, 1.807) is 18.7 Å². The van der Waals surface area contributed by atoms with E-state index in [-0.39, 0.29) is 6.04 Å². The van der Waals surface area contributed by atoms with E-state index in [0.29, 0.717) is 0 Å². The van der Waals surface area contributed by atoms with Gasteiger partial charge in [0, 0.05) is 18.6 Å². The van der Waals surface area contributed by atoms with Crippen LogP contribution in [0.1, 0.15) is 24.2 Å². The lowest BCUT2D eigenvalue weighted by molar-refractivity contribution is 0.612. The minimum absolute atomic E-state index is 0.0849. The molecule has 2 heterocycles. The van der Waals surface area contributed by atoms with Crippen molar-refractivity contribution in [1.82, 2.24) is 20.3 Å². The van der Waals surface area contributed by atoms with Crippen molar-refractivity contribution < 1.29 is 0 Å². The molecule has 0 aliphatic rings. The third-order valence-electron chi connectivity index (χ3n) is 2.33. The molecule has 16 heavy (non-hydrogen) atoms. The molecule has 4 heteroatoms. The van der Waals surface area contributed by atoms with Crippen LogP contribution >= 0.6 is 0 Å². The Morgan fingerprint density at radius 1 is 1.25 bits per heavy atom. The summed E-state index contributed by atoms with van der Waals surface area (Å²) in [6, 6.07) is 5.98. The fraction of sp³-hybridized carbons (Fsp3) is 0.250. The second kappa shape index (κ2) is 5.32. The van der Waals surface area contributed by atoms with Crippen molar-refractivity contribution in [2.24, 2.45) is 0 Å². The number of hydrogen-bond acceptors (Lipinski definition) is 4. The van der Waals surface area contributed by atoms with E-state index in [2.05, 4.69) is 27.2 Å². The van der Waals surface area contributed by atoms with Crippen LogP contribution < -0.4 is 5.32 Å². The van der Waals surface area contributed by atoms with Gasteiger partial charge in [0.05, 0.1) is 11.7 Å². The van der Waals surface area contributed by atoms with Gasteiger partial charge < -0.3 is 5.32 Å². The number of nitrogens with one attached hydrogen (secondary N) is 1. The molecule has 0 radical (unpaired) electrons. The zero-order valence-corrected chi connectivity index (χ0v) is 9.17. The van der Waals surface area contributed by atoms with Gasteiger partial charge in [-0.25, -0.2) is 9.97 Å². The zero-order valence-electron chi connectivity index (χ0n) is 9.17. The molecule has 0 aliphatic heterocycles. The summed E-state index contributed by atoms with van der Waals surface area (Å²) < 4.78 is 0. The van der Waals surface area contributed by atoms with Gasteiger partial charge >= 0.3 is 0 Å². The molecule has 0 saturated carbocycles. The number of rotatable bonds is 4. The Morgan fingerprint density at radius 3 is 2.81 bits per heavy atom. The van der Waals surface area contributed by atoms with Gasteiger partial charge in [-0.05, 0) is 24.2 Å². The van der Waals surface area contributed by atoms with Crippen molar-refractivity contribution >= 4 is 0 Å². The van der Waals surface area contributed by atoms with E-state index < -0.39 is 0 Å². The van der Waals surface area contributed by atoms with Gasteiger partial charge in [-0.3, -0.25) is 4.98 Å². The summed E-state index contributed by atoms with van der Waals surface area (Å²) in [6.07, 6.45) is 6.95. The van der Waals surface area contributed by atoms with Gasteiger partial charge in [0.2, 0.25) is 0 Å². The highest BCUT2D eigenvalue weighted by Gasteiger charge is 2.13. The Hall–Kier alpha value is -1.81. The first-order valence-corrected chi connectivity index (χ1v) is 5.31. The Morgan fingerprint density at radius 2 is 2.19 bits per heavy atom. The van der Waals surface area contributed by atoms with Crippen LogP contribution in [0.5, 0.6) is 0 Å². The molecule has 82 valence electrons. The van der Waals surface area contributed by atoms with Crippen molar-refractivity contribution in [3.8, 4) is 0 Å². The topological polar surface area (TPSA) is 50.7 Å². The third-order valence-corrected chi connectivity index (χ3v) is 2.33. The van der Waals surface area contributed by atoms with E-state index in [0.717, 1.165) is 17.8 Å². The molecular weight excluding hydrogens is 200 g/mol. The monoisotopic (exact) mass is 214 g/mol. The van der Waals surface area contributed by atoms with Crippen LogP contribution in [0, 0.1) is 0 Å². The molecule has 4 nitrogen and oxygen atoms in total. The molecule has 1 atom stereocenters. The average molecular weight is 214 g/mol. The van der Waals surface area contributed by atoms with E-state index in [1.165, 1.54) is 0 Å². The van der Waals surface area contributed by atoms with Crippen molar-refractivity contribution in [2.75, 3.05) is 6.54 Å². The second-order valence-corrected chi connectivity index (χ2v) is 3.41. The predicted molar refractivity (Wildman–Crippen MR) is 61.8 cm³/mol. The smallest absolute Gasteiger partial charge is 0.115 e. The van der Waals surface area contributed by atoms with Crippen LogP contribution in [0.25, 0.3) is 0 Å². The molecule has 0 bridgehead atoms. The van der Waals surface area contributed by atoms with E-state index in [9.17, 15) is 0 Å². The van der Waals surface area contributed by atoms with Crippen LogP contribution in [0.3, 0.4) is 0 Å². The molecule has 0 spiro atoms. The number of nitrogens with zero attached hydrogens (tertiary/aromatic N) is 3. The first-order valence-electron chi connectivity index (χ1n) is 5.31. The van der Waals surface area contributed by atoms with Crippen LogP contribution in [0.2, 0.25) is 0 Å². The number of pyridine rings is 1. The van der Waals surface area contributed by atoms with E-state index in [4.69, 9.17) is 0 Å². The Kier molecular flexibility index (Phi) is 3.56. The van der Waals surface area contributed by atoms with Crippen molar-refractivity contribution in [3.63, 3.8) is 0 Å². The highest BCUT2D eigenvalue weighted by molar-refractivity contribution is 5.23. The highest BCUT2D eigenvalue weighted by atomic mass is 14.9. The van der Waals surface area contributed by atoms with Crippen molar-refractivity contribution in [1.29, 1.82) is 0 Å². The van der Waals surface area contributed by atoms with Gasteiger partial charge in [0.15, 0.2) is 0 Å². The average Bonchev–Trinajstić information content (AvgIpc) is 2.38. The summed E-state index contributed by atoms with van der Waals surface area (Å²) in [5.41, 5.74) is 2.08. The molecule has 0 aliphatic carbocycles. The standard InChI is InChI=1S/C12H14N4/c1-2-15-12(10-4-3-6-13-8-10)11-5-7-14-9-16-11/h3-9,12,15H,2H2,1H3. The molecule has 2 aromatic rings. The molecular formula is C12H14N4. The summed E-state index contributed by atoms with van der Waals surface area (Å²) in [4.78, 5) is 12.3. The molecule has 2 aromatic heterocycles. The lowest BCUT2D eigenvalue weighted by atomic mass is 10.1. The van der Waals surface area contributed by atoms with Gasteiger partial charge in [-0.1, -0.05) is 13.0 Å². The second-order valence-electron chi connectivity index (χ2n) is 3.41. The normalized spacial score (nSPS) is 12.3. The summed E-state index contributed by atoms with van der Waals surface area (Å²) in [6.45, 7) is 2.95. The fourth-order valence-electron chi connectivity index (χ4n) is 1.62. The van der Waals surface area contributed by atoms with Crippen molar-refractivity contribution in [3.05, 3.63) is 54.4 Å². The summed E-state index contributed by atoms with van der Waals surface area (Å²) >= 11 is 0. The third kappa shape index (κ3) is 2.41.